The number of ether oxygens (including phenoxy) is 1. The number of nitrogens with zero attached hydrogens (tertiary/aromatic N) is 1. The molecule has 0 radical (unpaired) electrons. The average Bonchev–Trinajstić information content (AvgIpc) is 2.71. The standard InChI is InChI=1S/C23H40NO4P/c1-4-5-10-17-22(26)21(24(2)19-29)16-12-9-7-6-8-11-14-20(25)15-13-18-23(27)28-3/h6-9,11-12,14,16,20-22,25-26H,4-5,10,13,15,17-19,29H2,1-3H3/t20-,21-,22+/m1/s1. The van der Waals surface area contributed by atoms with Crippen LogP contribution < -0.4 is 0 Å². The molecule has 0 aromatic rings. The van der Waals surface area contributed by atoms with Gasteiger partial charge in [0.1, 0.15) is 0 Å². The maximum absolute atomic E-state index is 11.0. The normalized spacial score (nSPS) is 15.8. The molecule has 5 nitrogen and oxygen atoms in total. The first-order valence-electron chi connectivity index (χ1n) is 10.5. The van der Waals surface area contributed by atoms with Crippen molar-refractivity contribution < 1.29 is 19.7 Å². The summed E-state index contributed by atoms with van der Waals surface area (Å²) in [5.74, 6) is -0.251. The van der Waals surface area contributed by atoms with Crippen LogP contribution in [-0.4, -0.2) is 59.8 Å². The zero-order valence-electron chi connectivity index (χ0n) is 18.2. The fourth-order valence-electron chi connectivity index (χ4n) is 2.75. The third-order valence-electron chi connectivity index (χ3n) is 4.60. The van der Waals surface area contributed by atoms with E-state index in [2.05, 4.69) is 25.8 Å². The van der Waals surface area contributed by atoms with Crippen LogP contribution in [0.4, 0.5) is 0 Å². The largest absolute Gasteiger partial charge is 0.469 e. The fraction of sp³-hybridized carbons (Fsp3) is 0.609. The molecule has 1 unspecified atom stereocenters. The molecule has 4 atom stereocenters. The number of aliphatic hydroxyl groups is 2. The van der Waals surface area contributed by atoms with Crippen LogP contribution in [0.15, 0.2) is 48.6 Å². The maximum atomic E-state index is 11.0. The minimum Gasteiger partial charge on any atom is -0.469 e. The van der Waals surface area contributed by atoms with Crippen molar-refractivity contribution in [2.45, 2.75) is 70.1 Å². The van der Waals surface area contributed by atoms with Gasteiger partial charge in [0, 0.05) is 12.7 Å². The van der Waals surface area contributed by atoms with E-state index in [9.17, 15) is 15.0 Å². The van der Waals surface area contributed by atoms with E-state index in [-0.39, 0.29) is 18.1 Å². The Hall–Kier alpha value is -1.26. The highest BCUT2D eigenvalue weighted by Gasteiger charge is 2.19. The molecular formula is C23H40NO4P. The maximum Gasteiger partial charge on any atom is 0.305 e. The van der Waals surface area contributed by atoms with E-state index >= 15 is 0 Å². The lowest BCUT2D eigenvalue weighted by atomic mass is 10.0. The molecule has 0 saturated heterocycles. The molecule has 0 aliphatic heterocycles. The molecule has 166 valence electrons. The van der Waals surface area contributed by atoms with E-state index in [1.807, 2.05) is 43.5 Å². The number of allylic oxidation sites excluding steroid dienone is 6. The number of carbonyl (C=O) groups is 1. The molecule has 0 aliphatic rings. The van der Waals surface area contributed by atoms with E-state index in [1.165, 1.54) is 7.11 Å². The first kappa shape index (κ1) is 27.7. The molecule has 0 aliphatic carbocycles. The van der Waals surface area contributed by atoms with Gasteiger partial charge in [-0.05, 0) is 26.3 Å². The number of esters is 1. The Morgan fingerprint density at radius 2 is 1.62 bits per heavy atom. The molecule has 0 amide bonds. The summed E-state index contributed by atoms with van der Waals surface area (Å²) in [6.07, 6.45) is 20.5. The lowest BCUT2D eigenvalue weighted by molar-refractivity contribution is -0.140. The van der Waals surface area contributed by atoms with Crippen molar-refractivity contribution in [3.63, 3.8) is 0 Å². The first-order chi connectivity index (χ1) is 14.0. The molecule has 0 aromatic carbocycles. The number of hydrogen-bond donors (Lipinski definition) is 2. The average molecular weight is 426 g/mol. The molecule has 0 aromatic heterocycles. The van der Waals surface area contributed by atoms with Crippen molar-refractivity contribution in [2.24, 2.45) is 0 Å². The molecule has 0 fully saturated rings. The van der Waals surface area contributed by atoms with Crippen LogP contribution in [0, 0.1) is 0 Å². The van der Waals surface area contributed by atoms with Crippen LogP contribution in [0.5, 0.6) is 0 Å². The van der Waals surface area contributed by atoms with Gasteiger partial charge in [-0.25, -0.2) is 0 Å². The molecule has 0 spiro atoms. The predicted octanol–water partition coefficient (Wildman–Crippen LogP) is 3.99. The first-order valence-corrected chi connectivity index (χ1v) is 11.3. The third kappa shape index (κ3) is 15.3. The van der Waals surface area contributed by atoms with E-state index < -0.39 is 6.10 Å². The number of hydrogen-bond acceptors (Lipinski definition) is 5. The number of likely N-dealkylation sites (N-methyl/N-ethyl adjacent to an activating group) is 1. The summed E-state index contributed by atoms with van der Waals surface area (Å²) in [4.78, 5) is 13.1. The fourth-order valence-corrected chi connectivity index (χ4v) is 2.99. The highest BCUT2D eigenvalue weighted by atomic mass is 31.0. The van der Waals surface area contributed by atoms with Crippen molar-refractivity contribution >= 4 is 15.2 Å². The third-order valence-corrected chi connectivity index (χ3v) is 5.18. The summed E-state index contributed by atoms with van der Waals surface area (Å²) in [6.45, 7) is 2.16. The Kier molecular flexibility index (Phi) is 17.9. The van der Waals surface area contributed by atoms with Crippen molar-refractivity contribution in [2.75, 3.05) is 20.4 Å². The van der Waals surface area contributed by atoms with E-state index in [0.29, 0.717) is 19.3 Å². The minimum atomic E-state index is -0.564. The van der Waals surface area contributed by atoms with Crippen LogP contribution in [0.3, 0.4) is 0 Å². The van der Waals surface area contributed by atoms with Gasteiger partial charge in [-0.2, -0.15) is 0 Å². The summed E-state index contributed by atoms with van der Waals surface area (Å²) in [7, 11) is 6.07. The summed E-state index contributed by atoms with van der Waals surface area (Å²) in [5, 5.41) is 20.3. The van der Waals surface area contributed by atoms with Gasteiger partial charge >= 0.3 is 5.97 Å². The van der Waals surface area contributed by atoms with Gasteiger partial charge < -0.3 is 14.9 Å². The number of carbonyl (C=O) groups excluding carboxylic acids is 1. The lowest BCUT2D eigenvalue weighted by Gasteiger charge is -2.28. The van der Waals surface area contributed by atoms with E-state index in [4.69, 9.17) is 0 Å². The zero-order chi connectivity index (χ0) is 21.9. The second-order valence-corrected chi connectivity index (χ2v) is 7.43. The van der Waals surface area contributed by atoms with Gasteiger partial charge in [-0.1, -0.05) is 74.8 Å². The van der Waals surface area contributed by atoms with Crippen molar-refractivity contribution in [3.8, 4) is 0 Å². The number of methoxy groups -OCH3 is 1. The molecule has 0 saturated carbocycles. The van der Waals surface area contributed by atoms with E-state index in [1.54, 1.807) is 12.2 Å². The topological polar surface area (TPSA) is 70.0 Å². The molecule has 29 heavy (non-hydrogen) atoms. The Balaban J connectivity index is 4.36. The second-order valence-electron chi connectivity index (χ2n) is 7.07. The number of unbranched alkanes of at least 4 members (excludes halogenated alkanes) is 2. The van der Waals surface area contributed by atoms with Gasteiger partial charge in [-0.15, -0.1) is 9.24 Å². The summed E-state index contributed by atoms with van der Waals surface area (Å²) in [6, 6.07) is -0.00183. The van der Waals surface area contributed by atoms with E-state index in [0.717, 1.165) is 32.0 Å². The highest BCUT2D eigenvalue weighted by molar-refractivity contribution is 7.16. The summed E-state index contributed by atoms with van der Waals surface area (Å²) < 4.78 is 4.57. The smallest absolute Gasteiger partial charge is 0.305 e. The lowest BCUT2D eigenvalue weighted by Crippen LogP contribution is -2.39. The van der Waals surface area contributed by atoms with Crippen LogP contribution in [0.25, 0.3) is 0 Å². The van der Waals surface area contributed by atoms with Gasteiger partial charge in [0.05, 0.1) is 25.4 Å². The molecule has 0 heterocycles. The van der Waals surface area contributed by atoms with Crippen LogP contribution in [-0.2, 0) is 9.53 Å². The molecule has 2 N–H and O–H groups in total. The Morgan fingerprint density at radius 1 is 1.00 bits per heavy atom. The minimum absolute atomic E-state index is 0.00183. The quantitative estimate of drug-likeness (QED) is 0.169. The van der Waals surface area contributed by atoms with Crippen LogP contribution in [0.1, 0.15) is 51.9 Å². The zero-order valence-corrected chi connectivity index (χ0v) is 19.4. The predicted molar refractivity (Wildman–Crippen MR) is 125 cm³/mol. The monoisotopic (exact) mass is 425 g/mol. The SMILES string of the molecule is CCCCC[C@H](O)[C@@H](C=CC=CC=CC=C[C@@H](O)CCCC(=O)OC)N(C)CP. The van der Waals surface area contributed by atoms with Gasteiger partial charge in [0.25, 0.3) is 0 Å². The van der Waals surface area contributed by atoms with Crippen molar-refractivity contribution in [3.05, 3.63) is 48.6 Å². The highest BCUT2D eigenvalue weighted by Crippen LogP contribution is 2.13. The Labute approximate surface area is 179 Å². The van der Waals surface area contributed by atoms with Gasteiger partial charge in [0.15, 0.2) is 0 Å². The number of aliphatic hydroxyl groups excluding tert-OH is 2. The second kappa shape index (κ2) is 18.7. The molecule has 0 bridgehead atoms. The Morgan fingerprint density at radius 3 is 2.21 bits per heavy atom. The Bertz CT molecular complexity index is 531. The summed E-state index contributed by atoms with van der Waals surface area (Å²) in [5.41, 5.74) is 0. The van der Waals surface area contributed by atoms with Crippen LogP contribution >= 0.6 is 9.24 Å². The van der Waals surface area contributed by atoms with Crippen molar-refractivity contribution in [1.82, 2.24) is 4.90 Å². The van der Waals surface area contributed by atoms with Crippen LogP contribution in [0.2, 0.25) is 0 Å². The van der Waals surface area contributed by atoms with Gasteiger partial charge in [-0.3, -0.25) is 9.69 Å². The molecular weight excluding hydrogens is 385 g/mol. The number of rotatable bonds is 16. The van der Waals surface area contributed by atoms with Crippen molar-refractivity contribution in [1.29, 1.82) is 0 Å². The molecule has 0 rings (SSSR count). The summed E-state index contributed by atoms with van der Waals surface area (Å²) >= 11 is 0. The molecule has 6 heteroatoms. The van der Waals surface area contributed by atoms with Gasteiger partial charge in [0.2, 0.25) is 0 Å².